The number of carbonyl (C=O) groups is 4. The lowest BCUT2D eigenvalue weighted by atomic mass is 10.0. The van der Waals surface area contributed by atoms with Crippen LogP contribution in [0.25, 0.3) is 35.5 Å². The van der Waals surface area contributed by atoms with Crippen molar-refractivity contribution in [2.24, 2.45) is 0 Å². The van der Waals surface area contributed by atoms with Gasteiger partial charge in [0.2, 0.25) is 0 Å². The molecular weight excluding hydrogens is 805 g/mol. The standard InChI is InChI=1S/2C18H16O5.C15H14O2/c1-12(19)23-16-9-8-13(11-17(16)22-2)10-15(18(20)21)14-6-4-3-5-7-14;1-12(19)23-17-11-13(8-9-16(17)22-2)10-15(18(20)21)14-6-4-3-5-7-14;1-17-15-11-13(9-10-14(15)16)8-7-12-5-3-2-4-6-12/h2*3-11H,1-2H3,(H,20,21);2-11,16H,1H3/b2*15-10+;8-7-. The van der Waals surface area contributed by atoms with Crippen LogP contribution in [0.4, 0.5) is 0 Å². The van der Waals surface area contributed by atoms with Crippen molar-refractivity contribution in [3.63, 3.8) is 0 Å². The number of methoxy groups -OCH3 is 3. The van der Waals surface area contributed by atoms with E-state index in [9.17, 15) is 34.5 Å². The fourth-order valence-corrected chi connectivity index (χ4v) is 5.69. The number of benzene rings is 6. The van der Waals surface area contributed by atoms with E-state index in [2.05, 4.69) is 0 Å². The molecule has 0 saturated heterocycles. The number of phenols is 1. The van der Waals surface area contributed by atoms with Gasteiger partial charge >= 0.3 is 23.9 Å². The van der Waals surface area contributed by atoms with Crippen LogP contribution in [-0.4, -0.2) is 60.5 Å². The number of carbonyl (C=O) groups excluding carboxylic acids is 2. The van der Waals surface area contributed by atoms with Gasteiger partial charge in [0.05, 0.1) is 32.5 Å². The molecule has 0 heterocycles. The van der Waals surface area contributed by atoms with E-state index < -0.39 is 23.9 Å². The third-order valence-electron chi connectivity index (χ3n) is 8.61. The molecule has 0 fully saturated rings. The highest BCUT2D eigenvalue weighted by atomic mass is 16.6. The van der Waals surface area contributed by atoms with Gasteiger partial charge in [-0.2, -0.15) is 0 Å². The van der Waals surface area contributed by atoms with E-state index in [-0.39, 0.29) is 28.4 Å². The predicted molar refractivity (Wildman–Crippen MR) is 243 cm³/mol. The van der Waals surface area contributed by atoms with Crippen LogP contribution < -0.4 is 23.7 Å². The Kier molecular flexibility index (Phi) is 18.0. The maximum absolute atomic E-state index is 11.5. The van der Waals surface area contributed by atoms with E-state index in [0.29, 0.717) is 39.5 Å². The van der Waals surface area contributed by atoms with Crippen LogP contribution in [0.1, 0.15) is 47.2 Å². The van der Waals surface area contributed by atoms with Gasteiger partial charge in [0.1, 0.15) is 0 Å². The first-order chi connectivity index (χ1) is 30.3. The number of phenolic OH excluding ortho intramolecular Hbond substituents is 1. The summed E-state index contributed by atoms with van der Waals surface area (Å²) in [6, 6.07) is 42.7. The number of aromatic hydroxyl groups is 1. The minimum Gasteiger partial charge on any atom is -0.504 e. The molecule has 322 valence electrons. The van der Waals surface area contributed by atoms with Crippen molar-refractivity contribution < 1.29 is 58.2 Å². The highest BCUT2D eigenvalue weighted by Gasteiger charge is 2.14. The first-order valence-corrected chi connectivity index (χ1v) is 19.2. The Labute approximate surface area is 365 Å². The second-order valence-corrected chi connectivity index (χ2v) is 13.1. The average Bonchev–Trinajstić information content (AvgIpc) is 3.28. The molecule has 63 heavy (non-hydrogen) atoms. The van der Waals surface area contributed by atoms with E-state index in [0.717, 1.165) is 11.1 Å². The Bertz CT molecular complexity index is 2580. The molecular formula is C51H46O12. The molecule has 0 radical (unpaired) electrons. The van der Waals surface area contributed by atoms with Gasteiger partial charge in [0, 0.05) is 13.8 Å². The Morgan fingerprint density at radius 1 is 0.429 bits per heavy atom. The number of hydrogen-bond acceptors (Lipinski definition) is 10. The van der Waals surface area contributed by atoms with Gasteiger partial charge < -0.3 is 39.0 Å². The molecule has 0 amide bonds. The van der Waals surface area contributed by atoms with Gasteiger partial charge in [0.15, 0.2) is 34.5 Å². The molecule has 0 atom stereocenters. The largest absolute Gasteiger partial charge is 0.504 e. The molecule has 0 saturated carbocycles. The predicted octanol–water partition coefficient (Wildman–Crippen LogP) is 10.1. The number of rotatable bonds is 13. The second-order valence-electron chi connectivity index (χ2n) is 13.1. The van der Waals surface area contributed by atoms with E-state index >= 15 is 0 Å². The van der Waals surface area contributed by atoms with Gasteiger partial charge in [-0.3, -0.25) is 9.59 Å². The minimum atomic E-state index is -1.04. The summed E-state index contributed by atoms with van der Waals surface area (Å²) >= 11 is 0. The zero-order valence-corrected chi connectivity index (χ0v) is 35.2. The molecule has 0 aromatic heterocycles. The number of aliphatic carboxylic acids is 2. The van der Waals surface area contributed by atoms with Crippen LogP contribution in [0.2, 0.25) is 0 Å². The summed E-state index contributed by atoms with van der Waals surface area (Å²) < 4.78 is 25.5. The third kappa shape index (κ3) is 15.0. The van der Waals surface area contributed by atoms with Crippen molar-refractivity contribution >= 4 is 59.3 Å². The lowest BCUT2D eigenvalue weighted by Gasteiger charge is -2.09. The van der Waals surface area contributed by atoms with Gasteiger partial charge in [-0.15, -0.1) is 0 Å². The molecule has 3 N–H and O–H groups in total. The average molecular weight is 851 g/mol. The minimum absolute atomic E-state index is 0.143. The second kappa shape index (κ2) is 24.0. The van der Waals surface area contributed by atoms with Crippen molar-refractivity contribution in [1.82, 2.24) is 0 Å². The third-order valence-corrected chi connectivity index (χ3v) is 8.61. The maximum atomic E-state index is 11.5. The topological polar surface area (TPSA) is 175 Å². The van der Waals surface area contributed by atoms with Crippen molar-refractivity contribution in [2.75, 3.05) is 21.3 Å². The summed E-state index contributed by atoms with van der Waals surface area (Å²) in [6.07, 6.45) is 7.06. The summed E-state index contributed by atoms with van der Waals surface area (Å²) in [4.78, 5) is 45.2. The first kappa shape index (κ1) is 47.3. The SMILES string of the molecule is COc1cc(/C=C(/C(=O)O)c2ccccc2)ccc1OC(C)=O.COc1cc(/C=C\c2ccccc2)ccc1O.COc1ccc(/C=C(/C(=O)O)c2ccccc2)cc1OC(C)=O. The number of esters is 2. The Morgan fingerprint density at radius 3 is 1.29 bits per heavy atom. The van der Waals surface area contributed by atoms with Crippen molar-refractivity contribution in [3.8, 4) is 34.5 Å². The molecule has 12 heteroatoms. The van der Waals surface area contributed by atoms with E-state index in [4.69, 9.17) is 23.7 Å². The molecule has 6 aromatic carbocycles. The number of ether oxygens (including phenoxy) is 5. The fraction of sp³-hybridized carbons (Fsp3) is 0.0980. The molecule has 0 aliphatic heterocycles. The normalized spacial score (nSPS) is 10.9. The lowest BCUT2D eigenvalue weighted by Crippen LogP contribution is -2.03. The Balaban J connectivity index is 0.000000210. The van der Waals surface area contributed by atoms with Crippen LogP contribution >= 0.6 is 0 Å². The summed E-state index contributed by atoms with van der Waals surface area (Å²) in [6.45, 7) is 2.58. The molecule has 0 bridgehead atoms. The van der Waals surface area contributed by atoms with E-state index in [1.807, 2.05) is 60.7 Å². The number of hydrogen-bond donors (Lipinski definition) is 3. The van der Waals surface area contributed by atoms with Gasteiger partial charge in [-0.05, 0) is 81.9 Å². The molecule has 6 rings (SSSR count). The Morgan fingerprint density at radius 2 is 0.825 bits per heavy atom. The molecule has 0 spiro atoms. The van der Waals surface area contributed by atoms with Crippen LogP contribution in [-0.2, 0) is 19.2 Å². The molecule has 6 aromatic rings. The molecule has 0 unspecified atom stereocenters. The van der Waals surface area contributed by atoms with Crippen LogP contribution in [0.3, 0.4) is 0 Å². The lowest BCUT2D eigenvalue weighted by molar-refractivity contribution is -0.132. The Hall–Kier alpha value is -8.38. The van der Waals surface area contributed by atoms with Crippen molar-refractivity contribution in [1.29, 1.82) is 0 Å². The number of carboxylic acid groups (broad SMARTS) is 2. The highest BCUT2D eigenvalue weighted by Crippen LogP contribution is 2.32. The highest BCUT2D eigenvalue weighted by molar-refractivity contribution is 6.21. The summed E-state index contributed by atoms with van der Waals surface area (Å²) in [5, 5.41) is 28.3. The van der Waals surface area contributed by atoms with Crippen LogP contribution in [0, 0.1) is 0 Å². The van der Waals surface area contributed by atoms with Crippen molar-refractivity contribution in [3.05, 3.63) is 179 Å². The summed E-state index contributed by atoms with van der Waals surface area (Å²) in [5.74, 6) is -1.08. The summed E-state index contributed by atoms with van der Waals surface area (Å²) in [7, 11) is 4.45. The molecule has 12 nitrogen and oxygen atoms in total. The van der Waals surface area contributed by atoms with Crippen molar-refractivity contribution in [2.45, 2.75) is 13.8 Å². The smallest absolute Gasteiger partial charge is 0.336 e. The van der Waals surface area contributed by atoms with Gasteiger partial charge in [-0.1, -0.05) is 121 Å². The zero-order valence-electron chi connectivity index (χ0n) is 35.2. The molecule has 0 aliphatic rings. The van der Waals surface area contributed by atoms with E-state index in [1.54, 1.807) is 104 Å². The van der Waals surface area contributed by atoms with Crippen LogP contribution in [0.15, 0.2) is 146 Å². The monoisotopic (exact) mass is 850 g/mol. The quantitative estimate of drug-likeness (QED) is 0.0435. The first-order valence-electron chi connectivity index (χ1n) is 19.2. The molecule has 0 aliphatic carbocycles. The zero-order chi connectivity index (χ0) is 45.7. The van der Waals surface area contributed by atoms with Crippen LogP contribution in [0.5, 0.6) is 34.5 Å². The fourth-order valence-electron chi connectivity index (χ4n) is 5.69. The van der Waals surface area contributed by atoms with Gasteiger partial charge in [0.25, 0.3) is 0 Å². The summed E-state index contributed by atoms with van der Waals surface area (Å²) in [5.41, 5.74) is 4.83. The van der Waals surface area contributed by atoms with Gasteiger partial charge in [-0.25, -0.2) is 9.59 Å². The maximum Gasteiger partial charge on any atom is 0.336 e. The number of carboxylic acids is 2. The van der Waals surface area contributed by atoms with E-state index in [1.165, 1.54) is 40.2 Å².